The molecule has 3 aromatic rings. The van der Waals surface area contributed by atoms with Crippen LogP contribution in [0.4, 0.5) is 5.69 Å². The van der Waals surface area contributed by atoms with Crippen LogP contribution >= 0.6 is 11.6 Å². The average Bonchev–Trinajstić information content (AvgIpc) is 2.46. The van der Waals surface area contributed by atoms with E-state index in [2.05, 4.69) is 9.98 Å². The molecule has 1 aromatic heterocycles. The minimum absolute atomic E-state index is 0.730. The summed E-state index contributed by atoms with van der Waals surface area (Å²) in [6.07, 6.45) is 3.62. The number of aromatic nitrogens is 1. The van der Waals surface area contributed by atoms with E-state index in [4.69, 9.17) is 11.6 Å². The number of rotatable bonds is 2. The van der Waals surface area contributed by atoms with Gasteiger partial charge in [0.25, 0.3) is 0 Å². The molecular formula is C16H11ClN2. The maximum Gasteiger partial charge on any atom is 0.0703 e. The Hall–Kier alpha value is -2.19. The van der Waals surface area contributed by atoms with Crippen molar-refractivity contribution in [1.82, 2.24) is 4.98 Å². The Morgan fingerprint density at radius 1 is 1.00 bits per heavy atom. The van der Waals surface area contributed by atoms with E-state index in [-0.39, 0.29) is 0 Å². The van der Waals surface area contributed by atoms with Crippen LogP contribution in [-0.4, -0.2) is 11.2 Å². The smallest absolute Gasteiger partial charge is 0.0703 e. The summed E-state index contributed by atoms with van der Waals surface area (Å²) < 4.78 is 0. The molecule has 2 aromatic carbocycles. The third-order valence-corrected chi connectivity index (χ3v) is 3.07. The second-order valence-corrected chi connectivity index (χ2v) is 4.63. The Labute approximate surface area is 116 Å². The van der Waals surface area contributed by atoms with Crippen LogP contribution in [0.15, 0.2) is 65.8 Å². The van der Waals surface area contributed by atoms with Gasteiger partial charge in [-0.05, 0) is 42.0 Å². The van der Waals surface area contributed by atoms with Crippen molar-refractivity contribution in [2.24, 2.45) is 4.99 Å². The van der Waals surface area contributed by atoms with Crippen molar-refractivity contribution in [2.75, 3.05) is 0 Å². The van der Waals surface area contributed by atoms with Gasteiger partial charge in [0, 0.05) is 22.8 Å². The molecule has 92 valence electrons. The fraction of sp³-hybridized carbons (Fsp3) is 0. The lowest BCUT2D eigenvalue weighted by molar-refractivity contribution is 1.41. The normalized spacial score (nSPS) is 11.2. The van der Waals surface area contributed by atoms with Gasteiger partial charge in [-0.25, -0.2) is 0 Å². The van der Waals surface area contributed by atoms with Crippen LogP contribution in [0.3, 0.4) is 0 Å². The summed E-state index contributed by atoms with van der Waals surface area (Å²) in [4.78, 5) is 8.74. The zero-order chi connectivity index (χ0) is 13.1. The molecule has 0 amide bonds. The van der Waals surface area contributed by atoms with E-state index in [0.29, 0.717) is 0 Å². The zero-order valence-corrected chi connectivity index (χ0v) is 10.9. The predicted octanol–water partition coefficient (Wildman–Crippen LogP) is 4.64. The number of benzene rings is 2. The van der Waals surface area contributed by atoms with Crippen molar-refractivity contribution in [2.45, 2.75) is 0 Å². The van der Waals surface area contributed by atoms with Crippen molar-refractivity contribution in [3.63, 3.8) is 0 Å². The molecule has 3 rings (SSSR count). The lowest BCUT2D eigenvalue weighted by Gasteiger charge is -1.98. The summed E-state index contributed by atoms with van der Waals surface area (Å²) in [6, 6.07) is 17.5. The first-order valence-corrected chi connectivity index (χ1v) is 6.33. The fourth-order valence-corrected chi connectivity index (χ4v) is 1.97. The maximum absolute atomic E-state index is 5.84. The van der Waals surface area contributed by atoms with Gasteiger partial charge in [0.15, 0.2) is 0 Å². The number of aliphatic imine (C=N–C) groups is 1. The van der Waals surface area contributed by atoms with Gasteiger partial charge in [-0.2, -0.15) is 0 Å². The second kappa shape index (κ2) is 5.21. The SMILES string of the molecule is Clc1ccc(C=Nc2ccc3ncccc3c2)cc1. The highest BCUT2D eigenvalue weighted by molar-refractivity contribution is 6.30. The molecule has 1 heterocycles. The van der Waals surface area contributed by atoms with Gasteiger partial charge in [-0.1, -0.05) is 29.8 Å². The monoisotopic (exact) mass is 266 g/mol. The molecule has 0 spiro atoms. The van der Waals surface area contributed by atoms with Gasteiger partial charge < -0.3 is 0 Å². The molecule has 0 N–H and O–H groups in total. The molecule has 0 aliphatic heterocycles. The summed E-state index contributed by atoms with van der Waals surface area (Å²) in [5.41, 5.74) is 2.92. The molecular weight excluding hydrogens is 256 g/mol. The van der Waals surface area contributed by atoms with E-state index in [1.54, 1.807) is 6.20 Å². The minimum Gasteiger partial charge on any atom is -0.256 e. The van der Waals surface area contributed by atoms with E-state index < -0.39 is 0 Å². The van der Waals surface area contributed by atoms with Gasteiger partial charge in [0.05, 0.1) is 11.2 Å². The molecule has 19 heavy (non-hydrogen) atoms. The highest BCUT2D eigenvalue weighted by atomic mass is 35.5. The van der Waals surface area contributed by atoms with E-state index in [9.17, 15) is 0 Å². The molecule has 2 nitrogen and oxygen atoms in total. The lowest BCUT2D eigenvalue weighted by atomic mass is 10.2. The quantitative estimate of drug-likeness (QED) is 0.621. The van der Waals surface area contributed by atoms with Crippen molar-refractivity contribution in [3.8, 4) is 0 Å². The van der Waals surface area contributed by atoms with Crippen molar-refractivity contribution < 1.29 is 0 Å². The lowest BCUT2D eigenvalue weighted by Crippen LogP contribution is -1.80. The van der Waals surface area contributed by atoms with Crippen LogP contribution in [0.1, 0.15) is 5.56 Å². The van der Waals surface area contributed by atoms with E-state index in [1.807, 2.05) is 60.8 Å². The molecule has 0 saturated carbocycles. The number of fused-ring (bicyclic) bond motifs is 1. The first-order valence-electron chi connectivity index (χ1n) is 5.96. The molecule has 3 heteroatoms. The molecule has 0 bridgehead atoms. The molecule has 0 atom stereocenters. The maximum atomic E-state index is 5.84. The molecule has 0 radical (unpaired) electrons. The highest BCUT2D eigenvalue weighted by Gasteiger charge is 1.95. The Morgan fingerprint density at radius 2 is 1.84 bits per heavy atom. The molecule has 0 saturated heterocycles. The summed E-state index contributed by atoms with van der Waals surface area (Å²) in [7, 11) is 0. The van der Waals surface area contributed by atoms with Gasteiger partial charge in [0.1, 0.15) is 0 Å². The molecule has 0 aliphatic rings. The largest absolute Gasteiger partial charge is 0.256 e. The third kappa shape index (κ3) is 2.80. The zero-order valence-electron chi connectivity index (χ0n) is 10.1. The predicted molar refractivity (Wildman–Crippen MR) is 80.4 cm³/mol. The van der Waals surface area contributed by atoms with Crippen molar-refractivity contribution in [1.29, 1.82) is 0 Å². The van der Waals surface area contributed by atoms with Crippen molar-refractivity contribution in [3.05, 3.63) is 71.4 Å². The van der Waals surface area contributed by atoms with Crippen LogP contribution in [0.25, 0.3) is 10.9 Å². The summed E-state index contributed by atoms with van der Waals surface area (Å²) in [5.74, 6) is 0. The van der Waals surface area contributed by atoms with Gasteiger partial charge in [-0.3, -0.25) is 9.98 Å². The Bertz CT molecular complexity index is 733. The molecule has 0 fully saturated rings. The summed E-state index contributed by atoms with van der Waals surface area (Å²) >= 11 is 5.84. The summed E-state index contributed by atoms with van der Waals surface area (Å²) in [5, 5.41) is 1.82. The van der Waals surface area contributed by atoms with Crippen LogP contribution in [0.2, 0.25) is 5.02 Å². The van der Waals surface area contributed by atoms with Crippen molar-refractivity contribution >= 4 is 34.4 Å². The Balaban J connectivity index is 1.90. The standard InChI is InChI=1S/C16H11ClN2/c17-14-5-3-12(4-6-14)11-19-15-7-8-16-13(10-15)2-1-9-18-16/h1-11H. The highest BCUT2D eigenvalue weighted by Crippen LogP contribution is 2.19. The van der Waals surface area contributed by atoms with Gasteiger partial charge >= 0.3 is 0 Å². The first-order chi connectivity index (χ1) is 9.31. The summed E-state index contributed by atoms with van der Waals surface area (Å²) in [6.45, 7) is 0. The van der Waals surface area contributed by atoms with E-state index >= 15 is 0 Å². The molecule has 0 aliphatic carbocycles. The second-order valence-electron chi connectivity index (χ2n) is 4.19. The van der Waals surface area contributed by atoms with Gasteiger partial charge in [0.2, 0.25) is 0 Å². The van der Waals surface area contributed by atoms with Crippen LogP contribution in [0.5, 0.6) is 0 Å². The minimum atomic E-state index is 0.730. The van der Waals surface area contributed by atoms with Gasteiger partial charge in [-0.15, -0.1) is 0 Å². The number of nitrogens with zero attached hydrogens (tertiary/aromatic N) is 2. The Kier molecular flexibility index (Phi) is 3.25. The number of halogens is 1. The number of hydrogen-bond acceptors (Lipinski definition) is 2. The van der Waals surface area contributed by atoms with Crippen LogP contribution in [-0.2, 0) is 0 Å². The fourth-order valence-electron chi connectivity index (χ4n) is 1.84. The Morgan fingerprint density at radius 3 is 2.68 bits per heavy atom. The van der Waals surface area contributed by atoms with E-state index in [0.717, 1.165) is 27.2 Å². The average molecular weight is 267 g/mol. The number of pyridine rings is 1. The van der Waals surface area contributed by atoms with E-state index in [1.165, 1.54) is 0 Å². The number of hydrogen-bond donors (Lipinski definition) is 0. The van der Waals surface area contributed by atoms with Crippen LogP contribution in [0, 0.1) is 0 Å². The molecule has 0 unspecified atom stereocenters. The first kappa shape index (κ1) is 11.9. The topological polar surface area (TPSA) is 25.2 Å². The third-order valence-electron chi connectivity index (χ3n) is 2.82. The van der Waals surface area contributed by atoms with Crippen LogP contribution < -0.4 is 0 Å².